The molecule has 9 heteroatoms. The number of halogens is 2. The van der Waals surface area contributed by atoms with Crippen LogP contribution in [0.5, 0.6) is 0 Å². The molecule has 0 radical (unpaired) electrons. The summed E-state index contributed by atoms with van der Waals surface area (Å²) in [6.07, 6.45) is 0.221. The first-order valence-electron chi connectivity index (χ1n) is 9.48. The van der Waals surface area contributed by atoms with E-state index in [9.17, 15) is 13.2 Å². The molecule has 1 aliphatic rings. The Morgan fingerprint density at radius 3 is 2.43 bits per heavy atom. The molecule has 1 heterocycles. The van der Waals surface area contributed by atoms with Crippen LogP contribution in [-0.4, -0.2) is 44.0 Å². The molecule has 1 amide bonds. The lowest BCUT2D eigenvalue weighted by molar-refractivity contribution is -0.157. The fraction of sp³-hybridized carbons (Fsp3) is 0.381. The second-order valence-electron chi connectivity index (χ2n) is 8.02. The Bertz CT molecular complexity index is 1040. The molecular formula is C21H24Cl2N2O4S. The number of hydrogen-bond acceptors (Lipinski definition) is 4. The molecule has 2 aromatic carbocycles. The number of nitrogens with zero attached hydrogens (tertiary/aromatic N) is 1. The second-order valence-corrected chi connectivity index (χ2v) is 10.5. The predicted octanol–water partition coefficient (Wildman–Crippen LogP) is 4.36. The number of carbonyl (C=O) groups excluding carboxylic acids is 1. The number of rotatable bonds is 5. The third-order valence-corrected chi connectivity index (χ3v) is 6.80. The van der Waals surface area contributed by atoms with Gasteiger partial charge in [-0.15, -0.1) is 0 Å². The van der Waals surface area contributed by atoms with Gasteiger partial charge in [0.15, 0.2) is 0 Å². The Morgan fingerprint density at radius 2 is 1.83 bits per heavy atom. The molecule has 0 aliphatic carbocycles. The van der Waals surface area contributed by atoms with Crippen molar-refractivity contribution in [2.45, 2.75) is 43.8 Å². The average Bonchev–Trinajstić information content (AvgIpc) is 2.63. The van der Waals surface area contributed by atoms with E-state index in [-0.39, 0.29) is 39.0 Å². The van der Waals surface area contributed by atoms with Crippen LogP contribution in [0.2, 0.25) is 10.0 Å². The van der Waals surface area contributed by atoms with E-state index in [1.54, 1.807) is 24.3 Å². The second kappa shape index (κ2) is 8.75. The normalized spacial score (nSPS) is 18.8. The molecule has 3 rings (SSSR count). The van der Waals surface area contributed by atoms with E-state index in [0.717, 1.165) is 5.56 Å². The van der Waals surface area contributed by atoms with Gasteiger partial charge in [0.05, 0.1) is 33.1 Å². The van der Waals surface area contributed by atoms with Crippen LogP contribution in [0.15, 0.2) is 47.4 Å². The van der Waals surface area contributed by atoms with Gasteiger partial charge < -0.3 is 9.64 Å². The van der Waals surface area contributed by atoms with Crippen molar-refractivity contribution in [3.8, 4) is 0 Å². The Labute approximate surface area is 187 Å². The average molecular weight is 471 g/mol. The topological polar surface area (TPSA) is 75.7 Å². The molecule has 1 N–H and O–H groups in total. The molecule has 6 nitrogen and oxygen atoms in total. The molecule has 0 bridgehead atoms. The Kier molecular flexibility index (Phi) is 6.67. The van der Waals surface area contributed by atoms with E-state index in [4.69, 9.17) is 27.9 Å². The molecule has 1 unspecified atom stereocenters. The monoisotopic (exact) mass is 470 g/mol. The highest BCUT2D eigenvalue weighted by Gasteiger charge is 2.33. The summed E-state index contributed by atoms with van der Waals surface area (Å²) in [6, 6.07) is 10.8. The summed E-state index contributed by atoms with van der Waals surface area (Å²) in [7, 11) is -3.81. The van der Waals surface area contributed by atoms with Gasteiger partial charge in [0.25, 0.3) is 10.0 Å². The van der Waals surface area contributed by atoms with E-state index >= 15 is 0 Å². The van der Waals surface area contributed by atoms with Crippen molar-refractivity contribution in [3.63, 3.8) is 0 Å². The van der Waals surface area contributed by atoms with Crippen LogP contribution in [0.1, 0.15) is 26.3 Å². The molecule has 30 heavy (non-hydrogen) atoms. The molecule has 1 fully saturated rings. The molecular weight excluding hydrogens is 447 g/mol. The zero-order valence-electron chi connectivity index (χ0n) is 17.0. The van der Waals surface area contributed by atoms with E-state index in [1.807, 2.05) is 25.7 Å². The number of benzene rings is 2. The minimum absolute atomic E-state index is 0.0141. The van der Waals surface area contributed by atoms with Crippen LogP contribution >= 0.6 is 23.2 Å². The number of nitrogens with one attached hydrogen (secondary N) is 1. The third kappa shape index (κ3) is 5.66. The van der Waals surface area contributed by atoms with Gasteiger partial charge in [0, 0.05) is 18.8 Å². The summed E-state index contributed by atoms with van der Waals surface area (Å²) in [5.41, 5.74) is 0.813. The standard InChI is InChI=1S/C21H24Cl2N2O4S/c1-14-12-25(13-21(2,3)29-14)20(26)10-15-4-6-16(7-5-15)24-30(27,28)17-8-9-18(22)19(23)11-17/h4-9,11,14,24H,10,12-13H2,1-3H3. The van der Waals surface area contributed by atoms with Gasteiger partial charge in [-0.25, -0.2) is 8.42 Å². The summed E-state index contributed by atoms with van der Waals surface area (Å²) in [4.78, 5) is 14.5. The highest BCUT2D eigenvalue weighted by atomic mass is 35.5. The summed E-state index contributed by atoms with van der Waals surface area (Å²) >= 11 is 11.8. The largest absolute Gasteiger partial charge is 0.369 e. The fourth-order valence-electron chi connectivity index (χ4n) is 3.48. The molecule has 1 aliphatic heterocycles. The maximum atomic E-state index is 12.7. The molecule has 1 saturated heterocycles. The van der Waals surface area contributed by atoms with E-state index in [2.05, 4.69) is 4.72 Å². The quantitative estimate of drug-likeness (QED) is 0.703. The summed E-state index contributed by atoms with van der Waals surface area (Å²) in [5.74, 6) is 0.0161. The number of morpholine rings is 1. The van der Waals surface area contributed by atoms with Crippen LogP contribution < -0.4 is 4.72 Å². The first-order chi connectivity index (χ1) is 13.9. The van der Waals surface area contributed by atoms with Crippen molar-refractivity contribution >= 4 is 44.8 Å². The lowest BCUT2D eigenvalue weighted by Gasteiger charge is -2.41. The number of amides is 1. The van der Waals surface area contributed by atoms with Gasteiger partial charge in [-0.05, 0) is 56.7 Å². The maximum Gasteiger partial charge on any atom is 0.261 e. The van der Waals surface area contributed by atoms with Crippen LogP contribution in [0, 0.1) is 0 Å². The van der Waals surface area contributed by atoms with Crippen LogP contribution in [0.25, 0.3) is 0 Å². The zero-order valence-corrected chi connectivity index (χ0v) is 19.3. The van der Waals surface area contributed by atoms with Gasteiger partial charge in [0.1, 0.15) is 0 Å². The maximum absolute atomic E-state index is 12.7. The highest BCUT2D eigenvalue weighted by Crippen LogP contribution is 2.26. The first kappa shape index (κ1) is 22.9. The number of ether oxygens (including phenoxy) is 1. The molecule has 1 atom stereocenters. The molecule has 0 saturated carbocycles. The van der Waals surface area contributed by atoms with Gasteiger partial charge >= 0.3 is 0 Å². The van der Waals surface area contributed by atoms with Crippen molar-refractivity contribution in [3.05, 3.63) is 58.1 Å². The summed E-state index contributed by atoms with van der Waals surface area (Å²) in [5, 5.41) is 0.441. The summed E-state index contributed by atoms with van der Waals surface area (Å²) in [6.45, 7) is 6.99. The van der Waals surface area contributed by atoms with Crippen LogP contribution in [0.4, 0.5) is 5.69 Å². The molecule has 0 spiro atoms. The van der Waals surface area contributed by atoms with Crippen LogP contribution in [-0.2, 0) is 26.0 Å². The lowest BCUT2D eigenvalue weighted by atomic mass is 10.0. The Morgan fingerprint density at radius 1 is 1.17 bits per heavy atom. The fourth-order valence-corrected chi connectivity index (χ4v) is 4.93. The molecule has 2 aromatic rings. The summed E-state index contributed by atoms with van der Waals surface area (Å²) < 4.78 is 33.4. The molecule has 162 valence electrons. The van der Waals surface area contributed by atoms with E-state index in [1.165, 1.54) is 18.2 Å². The van der Waals surface area contributed by atoms with Crippen molar-refractivity contribution < 1.29 is 17.9 Å². The third-order valence-electron chi connectivity index (χ3n) is 4.68. The lowest BCUT2D eigenvalue weighted by Crippen LogP contribution is -2.54. The first-order valence-corrected chi connectivity index (χ1v) is 11.7. The van der Waals surface area contributed by atoms with Gasteiger partial charge in [-0.3, -0.25) is 9.52 Å². The molecule has 0 aromatic heterocycles. The van der Waals surface area contributed by atoms with Crippen molar-refractivity contribution in [2.24, 2.45) is 0 Å². The van der Waals surface area contributed by atoms with Crippen molar-refractivity contribution in [1.82, 2.24) is 4.90 Å². The van der Waals surface area contributed by atoms with Gasteiger partial charge in [0.2, 0.25) is 5.91 Å². The van der Waals surface area contributed by atoms with Gasteiger partial charge in [-0.1, -0.05) is 35.3 Å². The van der Waals surface area contributed by atoms with E-state index in [0.29, 0.717) is 18.8 Å². The number of sulfonamides is 1. The van der Waals surface area contributed by atoms with Crippen molar-refractivity contribution in [1.29, 1.82) is 0 Å². The minimum Gasteiger partial charge on any atom is -0.369 e. The minimum atomic E-state index is -3.81. The van der Waals surface area contributed by atoms with Gasteiger partial charge in [-0.2, -0.15) is 0 Å². The Hall–Kier alpha value is -1.80. The zero-order chi connectivity index (χ0) is 22.1. The number of anilines is 1. The Balaban J connectivity index is 1.66. The number of carbonyl (C=O) groups is 1. The number of hydrogen-bond donors (Lipinski definition) is 1. The van der Waals surface area contributed by atoms with Crippen molar-refractivity contribution in [2.75, 3.05) is 17.8 Å². The smallest absolute Gasteiger partial charge is 0.261 e. The predicted molar refractivity (Wildman–Crippen MR) is 119 cm³/mol. The van der Waals surface area contributed by atoms with Crippen LogP contribution in [0.3, 0.4) is 0 Å². The van der Waals surface area contributed by atoms with E-state index < -0.39 is 10.0 Å². The highest BCUT2D eigenvalue weighted by molar-refractivity contribution is 7.92. The SMILES string of the molecule is CC1CN(C(=O)Cc2ccc(NS(=O)(=O)c3ccc(Cl)c(Cl)c3)cc2)CC(C)(C)O1.